The summed E-state index contributed by atoms with van der Waals surface area (Å²) < 4.78 is 0.750. The molecule has 3 rings (SSSR count). The molecule has 0 aliphatic rings. The van der Waals surface area contributed by atoms with Gasteiger partial charge in [-0.05, 0) is 17.5 Å². The first-order valence-corrected chi connectivity index (χ1v) is 5.02. The quantitative estimate of drug-likeness (QED) is 0.451. The van der Waals surface area contributed by atoms with Crippen LogP contribution in [0.15, 0.2) is 67.1 Å². The van der Waals surface area contributed by atoms with Gasteiger partial charge in [0.15, 0.2) is 12.4 Å². The van der Waals surface area contributed by atoms with Gasteiger partial charge in [0, 0.05) is 23.8 Å². The Hall–Kier alpha value is -2.29. The van der Waals surface area contributed by atoms with Crippen molar-refractivity contribution in [2.75, 3.05) is 0 Å². The van der Waals surface area contributed by atoms with Gasteiger partial charge in [-0.2, -0.15) is 4.73 Å². The number of pyridine rings is 1. The van der Waals surface area contributed by atoms with Crippen LogP contribution in [0.1, 0.15) is 0 Å². The van der Waals surface area contributed by atoms with E-state index in [1.54, 1.807) is 18.2 Å². The van der Waals surface area contributed by atoms with Gasteiger partial charge in [0.1, 0.15) is 0 Å². The molecular weight excluding hydrogens is 200 g/mol. The molecule has 3 aromatic rings. The lowest BCUT2D eigenvalue weighted by Crippen LogP contribution is -2.22. The molecule has 80 valence electrons. The zero-order valence-electron chi connectivity index (χ0n) is 8.71. The van der Waals surface area contributed by atoms with Gasteiger partial charge in [-0.1, -0.05) is 24.3 Å². The maximum absolute atomic E-state index is 10.2. The molecule has 16 heavy (non-hydrogen) atoms. The Balaban J connectivity index is 0.000000125. The highest BCUT2D eigenvalue weighted by Gasteiger charge is 1.86. The van der Waals surface area contributed by atoms with E-state index >= 15 is 0 Å². The highest BCUT2D eigenvalue weighted by Crippen LogP contribution is 2.09. The second kappa shape index (κ2) is 4.98. The molecule has 0 radical (unpaired) electrons. The Bertz CT molecular complexity index is 516. The number of fused-ring (bicyclic) bond motifs is 1. The van der Waals surface area contributed by atoms with Crippen LogP contribution in [0.4, 0.5) is 0 Å². The third-order valence-electron chi connectivity index (χ3n) is 2.15. The van der Waals surface area contributed by atoms with E-state index in [-0.39, 0.29) is 0 Å². The summed E-state index contributed by atoms with van der Waals surface area (Å²) in [6.07, 6.45) is 4.84. The number of aromatic amines is 1. The molecule has 0 amide bonds. The van der Waals surface area contributed by atoms with Gasteiger partial charge in [-0.25, -0.2) is 0 Å². The minimum Gasteiger partial charge on any atom is -0.619 e. The molecule has 0 bridgehead atoms. The number of H-pyrrole nitrogens is 1. The smallest absolute Gasteiger partial charge is 0.180 e. The predicted octanol–water partition coefficient (Wildman–Crippen LogP) is 2.49. The Labute approximate surface area is 93.6 Å². The fourth-order valence-electron chi connectivity index (χ4n) is 1.38. The lowest BCUT2D eigenvalue weighted by atomic mass is 10.3. The van der Waals surface area contributed by atoms with Crippen molar-refractivity contribution in [2.24, 2.45) is 0 Å². The predicted molar refractivity (Wildman–Crippen MR) is 63.7 cm³/mol. The molecule has 0 unspecified atom stereocenters. The lowest BCUT2D eigenvalue weighted by Gasteiger charge is -1.88. The topological polar surface area (TPSA) is 42.7 Å². The van der Waals surface area contributed by atoms with Gasteiger partial charge in [-0.3, -0.25) is 0 Å². The Morgan fingerprint density at radius 3 is 2.25 bits per heavy atom. The Morgan fingerprint density at radius 2 is 1.62 bits per heavy atom. The monoisotopic (exact) mass is 212 g/mol. The van der Waals surface area contributed by atoms with Gasteiger partial charge >= 0.3 is 0 Å². The van der Waals surface area contributed by atoms with Crippen molar-refractivity contribution >= 4 is 10.9 Å². The van der Waals surface area contributed by atoms with E-state index in [9.17, 15) is 5.21 Å². The summed E-state index contributed by atoms with van der Waals surface area (Å²) in [5.41, 5.74) is 1.21. The zero-order chi connectivity index (χ0) is 11.2. The van der Waals surface area contributed by atoms with Crippen molar-refractivity contribution in [3.8, 4) is 0 Å². The molecule has 1 N–H and O–H groups in total. The van der Waals surface area contributed by atoms with Gasteiger partial charge in [0.25, 0.3) is 0 Å². The minimum absolute atomic E-state index is 0.750. The van der Waals surface area contributed by atoms with Gasteiger partial charge in [0.2, 0.25) is 0 Å². The van der Waals surface area contributed by atoms with Crippen LogP contribution in [0.25, 0.3) is 10.9 Å². The van der Waals surface area contributed by atoms with Crippen LogP contribution in [0.3, 0.4) is 0 Å². The van der Waals surface area contributed by atoms with Gasteiger partial charge in [0.05, 0.1) is 0 Å². The molecule has 3 nitrogen and oxygen atoms in total. The van der Waals surface area contributed by atoms with E-state index in [1.807, 2.05) is 18.3 Å². The Morgan fingerprint density at radius 1 is 0.875 bits per heavy atom. The number of rotatable bonds is 0. The second-order valence-electron chi connectivity index (χ2n) is 3.30. The maximum Gasteiger partial charge on any atom is 0.180 e. The molecule has 3 heteroatoms. The summed E-state index contributed by atoms with van der Waals surface area (Å²) in [5, 5.41) is 11.5. The third-order valence-corrected chi connectivity index (χ3v) is 2.15. The normalized spacial score (nSPS) is 9.50. The fraction of sp³-hybridized carbons (Fsp3) is 0. The highest BCUT2D eigenvalue weighted by atomic mass is 16.5. The first-order valence-electron chi connectivity index (χ1n) is 5.02. The van der Waals surface area contributed by atoms with E-state index in [0.29, 0.717) is 0 Å². The average molecular weight is 212 g/mol. The number of benzene rings is 1. The van der Waals surface area contributed by atoms with E-state index < -0.39 is 0 Å². The number of aromatic nitrogens is 2. The molecule has 2 heterocycles. The first kappa shape index (κ1) is 10.2. The molecule has 0 spiro atoms. The number of nitrogens with zero attached hydrogens (tertiary/aromatic N) is 1. The van der Waals surface area contributed by atoms with Crippen molar-refractivity contribution in [1.29, 1.82) is 0 Å². The zero-order valence-corrected chi connectivity index (χ0v) is 8.71. The minimum atomic E-state index is 0.750. The largest absolute Gasteiger partial charge is 0.619 e. The number of para-hydroxylation sites is 1. The summed E-state index contributed by atoms with van der Waals surface area (Å²) in [7, 11) is 0. The molecule has 0 fully saturated rings. The summed E-state index contributed by atoms with van der Waals surface area (Å²) in [4.78, 5) is 3.12. The van der Waals surface area contributed by atoms with Crippen molar-refractivity contribution < 1.29 is 4.73 Å². The van der Waals surface area contributed by atoms with E-state index in [2.05, 4.69) is 23.2 Å². The lowest BCUT2D eigenvalue weighted by molar-refractivity contribution is -0.605. The van der Waals surface area contributed by atoms with Crippen LogP contribution in [0.2, 0.25) is 0 Å². The molecule has 2 aromatic heterocycles. The third kappa shape index (κ3) is 2.60. The molecule has 0 aliphatic carbocycles. The van der Waals surface area contributed by atoms with Crippen LogP contribution in [-0.2, 0) is 0 Å². The van der Waals surface area contributed by atoms with Crippen LogP contribution in [-0.4, -0.2) is 4.98 Å². The van der Waals surface area contributed by atoms with Crippen LogP contribution in [0.5, 0.6) is 0 Å². The molecule has 0 saturated heterocycles. The summed E-state index contributed by atoms with van der Waals surface area (Å²) in [6, 6.07) is 15.5. The summed E-state index contributed by atoms with van der Waals surface area (Å²) >= 11 is 0. The molecule has 0 saturated carbocycles. The van der Waals surface area contributed by atoms with Crippen LogP contribution < -0.4 is 4.73 Å². The van der Waals surface area contributed by atoms with Crippen molar-refractivity contribution in [3.63, 3.8) is 0 Å². The summed E-state index contributed by atoms with van der Waals surface area (Å²) in [6.45, 7) is 0. The van der Waals surface area contributed by atoms with Crippen molar-refractivity contribution in [2.45, 2.75) is 0 Å². The first-order chi connectivity index (χ1) is 7.86. The molecule has 0 atom stereocenters. The molecular formula is C13H12N2O. The number of hydrogen-bond donors (Lipinski definition) is 1. The average Bonchev–Trinajstić information content (AvgIpc) is 2.79. The second-order valence-corrected chi connectivity index (χ2v) is 3.30. The molecule has 0 aliphatic heterocycles. The van der Waals surface area contributed by atoms with Crippen LogP contribution >= 0.6 is 0 Å². The maximum atomic E-state index is 10.2. The SMILES string of the molecule is [O-][n+]1ccccc1.c1ccc2[nH]ccc2c1. The molecule has 1 aromatic carbocycles. The Kier molecular flexibility index (Phi) is 3.18. The highest BCUT2D eigenvalue weighted by molar-refractivity contribution is 5.78. The number of nitrogens with one attached hydrogen (secondary N) is 1. The number of hydrogen-bond acceptors (Lipinski definition) is 1. The van der Waals surface area contributed by atoms with E-state index in [4.69, 9.17) is 0 Å². The summed E-state index contributed by atoms with van der Waals surface area (Å²) in [5.74, 6) is 0. The van der Waals surface area contributed by atoms with Gasteiger partial charge in [-0.15, -0.1) is 0 Å². The van der Waals surface area contributed by atoms with Gasteiger partial charge < -0.3 is 10.2 Å². The standard InChI is InChI=1S/C8H7N.C5H5NO/c1-2-4-8-7(3-1)5-6-9-8;7-6-4-2-1-3-5-6/h1-6,9H;1-5H. The van der Waals surface area contributed by atoms with Crippen molar-refractivity contribution in [3.05, 3.63) is 72.3 Å². The van der Waals surface area contributed by atoms with E-state index in [0.717, 1.165) is 4.73 Å². The van der Waals surface area contributed by atoms with Crippen LogP contribution in [0, 0.1) is 5.21 Å². The van der Waals surface area contributed by atoms with Crippen molar-refractivity contribution in [1.82, 2.24) is 4.98 Å². The van der Waals surface area contributed by atoms with E-state index in [1.165, 1.54) is 23.3 Å². The fourth-order valence-corrected chi connectivity index (χ4v) is 1.38.